The molecular weight excluding hydrogens is 326 g/mol. The van der Waals surface area contributed by atoms with Crippen LogP contribution in [0.15, 0.2) is 0 Å². The highest BCUT2D eigenvalue weighted by Crippen LogP contribution is 2.27. The van der Waals surface area contributed by atoms with Crippen molar-refractivity contribution in [3.63, 3.8) is 0 Å². The summed E-state index contributed by atoms with van der Waals surface area (Å²) in [6, 6.07) is 0. The highest BCUT2D eigenvalue weighted by atomic mass is 32.2. The number of hydrogen-bond acceptors (Lipinski definition) is 9. The van der Waals surface area contributed by atoms with Crippen LogP contribution in [0.25, 0.3) is 0 Å². The Morgan fingerprint density at radius 3 is 2.22 bits per heavy atom. The molecule has 1 aliphatic rings. The molecular formula is C14H29NO7S. The summed E-state index contributed by atoms with van der Waals surface area (Å²) < 4.78 is 21.4. The lowest BCUT2D eigenvalue weighted by atomic mass is 10.0. The van der Waals surface area contributed by atoms with Gasteiger partial charge in [-0.25, -0.2) is 0 Å². The molecule has 0 radical (unpaired) electrons. The van der Waals surface area contributed by atoms with Crippen LogP contribution in [0.2, 0.25) is 0 Å². The number of hydrogen-bond donors (Lipinski definition) is 4. The largest absolute Gasteiger partial charge is 0.394 e. The molecule has 0 unspecified atom stereocenters. The van der Waals surface area contributed by atoms with Crippen LogP contribution in [0.5, 0.6) is 0 Å². The molecule has 1 rings (SSSR count). The standard InChI is InChI=1S/C14H29NO7S/c15-1-2-19-3-4-20-5-6-21-7-8-23-13-9-11(17)14(18)12(10-16)22-13/h11-14,16-18H,1-10,15H2/t11-,12-,13-,14-/m1/s1. The third-order valence-electron chi connectivity index (χ3n) is 3.25. The van der Waals surface area contributed by atoms with Gasteiger partial charge in [-0.05, 0) is 0 Å². The minimum Gasteiger partial charge on any atom is -0.394 e. The predicted octanol–water partition coefficient (Wildman–Crippen LogP) is -1.44. The van der Waals surface area contributed by atoms with E-state index in [2.05, 4.69) is 0 Å². The number of aliphatic hydroxyl groups is 3. The first-order valence-electron chi connectivity index (χ1n) is 7.86. The Bertz CT molecular complexity index is 288. The lowest BCUT2D eigenvalue weighted by Gasteiger charge is -2.36. The molecule has 0 aromatic carbocycles. The van der Waals surface area contributed by atoms with Crippen molar-refractivity contribution in [1.29, 1.82) is 0 Å². The van der Waals surface area contributed by atoms with E-state index in [1.807, 2.05) is 0 Å². The van der Waals surface area contributed by atoms with Crippen LogP contribution in [0.3, 0.4) is 0 Å². The minimum atomic E-state index is -1.03. The van der Waals surface area contributed by atoms with Gasteiger partial charge in [0.2, 0.25) is 0 Å². The zero-order valence-corrected chi connectivity index (χ0v) is 14.2. The first kappa shape index (κ1) is 21.1. The first-order chi connectivity index (χ1) is 11.2. The molecule has 138 valence electrons. The van der Waals surface area contributed by atoms with E-state index < -0.39 is 18.3 Å². The molecule has 0 aromatic heterocycles. The fraction of sp³-hybridized carbons (Fsp3) is 1.00. The Morgan fingerprint density at radius 1 is 1.00 bits per heavy atom. The Kier molecular flexibility index (Phi) is 12.2. The third kappa shape index (κ3) is 9.18. The van der Waals surface area contributed by atoms with Crippen LogP contribution >= 0.6 is 11.8 Å². The molecule has 0 aromatic rings. The minimum absolute atomic E-state index is 0.245. The van der Waals surface area contributed by atoms with E-state index in [1.54, 1.807) is 0 Å². The molecule has 0 amide bonds. The molecule has 23 heavy (non-hydrogen) atoms. The molecule has 1 heterocycles. The lowest BCUT2D eigenvalue weighted by Crippen LogP contribution is -2.49. The number of thioether (sulfide) groups is 1. The van der Waals surface area contributed by atoms with Gasteiger partial charge in [0.1, 0.15) is 17.6 Å². The number of nitrogens with two attached hydrogens (primary N) is 1. The van der Waals surface area contributed by atoms with E-state index in [4.69, 9.17) is 29.8 Å². The van der Waals surface area contributed by atoms with Crippen LogP contribution in [-0.4, -0.2) is 97.6 Å². The van der Waals surface area contributed by atoms with Crippen LogP contribution in [-0.2, 0) is 18.9 Å². The van der Waals surface area contributed by atoms with Gasteiger partial charge in [-0.15, -0.1) is 11.8 Å². The van der Waals surface area contributed by atoms with Gasteiger partial charge in [0.15, 0.2) is 0 Å². The Balaban J connectivity index is 1.93. The maximum Gasteiger partial charge on any atom is 0.110 e. The molecule has 4 atom stereocenters. The maximum absolute atomic E-state index is 9.71. The molecule has 0 spiro atoms. The highest BCUT2D eigenvalue weighted by Gasteiger charge is 2.36. The van der Waals surface area contributed by atoms with Gasteiger partial charge in [-0.2, -0.15) is 0 Å². The summed E-state index contributed by atoms with van der Waals surface area (Å²) in [6.45, 7) is 3.36. The van der Waals surface area contributed by atoms with Gasteiger partial charge in [0.25, 0.3) is 0 Å². The van der Waals surface area contributed by atoms with E-state index >= 15 is 0 Å². The fourth-order valence-corrected chi connectivity index (χ4v) is 3.07. The fourth-order valence-electron chi connectivity index (χ4n) is 2.04. The van der Waals surface area contributed by atoms with E-state index in [9.17, 15) is 10.2 Å². The van der Waals surface area contributed by atoms with Gasteiger partial charge in [0, 0.05) is 18.7 Å². The lowest BCUT2D eigenvalue weighted by molar-refractivity contribution is -0.157. The molecule has 9 heteroatoms. The van der Waals surface area contributed by atoms with Crippen LogP contribution in [0.4, 0.5) is 0 Å². The zero-order chi connectivity index (χ0) is 16.9. The highest BCUT2D eigenvalue weighted by molar-refractivity contribution is 7.99. The first-order valence-corrected chi connectivity index (χ1v) is 8.91. The van der Waals surface area contributed by atoms with Gasteiger partial charge >= 0.3 is 0 Å². The second-order valence-corrected chi connectivity index (χ2v) is 6.34. The summed E-state index contributed by atoms with van der Waals surface area (Å²) in [5.41, 5.74) is 5.04. The molecule has 1 aliphatic heterocycles. The summed E-state index contributed by atoms with van der Waals surface area (Å²) >= 11 is 1.50. The van der Waals surface area contributed by atoms with Crippen molar-refractivity contribution in [2.24, 2.45) is 5.73 Å². The number of rotatable bonds is 13. The smallest absolute Gasteiger partial charge is 0.110 e. The summed E-state index contributed by atoms with van der Waals surface area (Å²) in [5.74, 6) is 0.700. The average Bonchev–Trinajstić information content (AvgIpc) is 2.55. The molecule has 5 N–H and O–H groups in total. The molecule has 0 saturated carbocycles. The summed E-state index contributed by atoms with van der Waals surface area (Å²) in [5, 5.41) is 28.4. The van der Waals surface area contributed by atoms with Crippen molar-refractivity contribution in [3.05, 3.63) is 0 Å². The van der Waals surface area contributed by atoms with E-state index in [0.29, 0.717) is 58.4 Å². The SMILES string of the molecule is NCCOCCOCCOCCS[C@@H]1C[C@@H](O)[C@@H](O)[C@@H](CO)O1. The van der Waals surface area contributed by atoms with Crippen molar-refractivity contribution >= 4 is 11.8 Å². The molecule has 8 nitrogen and oxygen atoms in total. The van der Waals surface area contributed by atoms with Crippen molar-refractivity contribution in [1.82, 2.24) is 0 Å². The van der Waals surface area contributed by atoms with E-state index in [-0.39, 0.29) is 12.0 Å². The van der Waals surface area contributed by atoms with Crippen LogP contribution in [0.1, 0.15) is 6.42 Å². The summed E-state index contributed by atoms with van der Waals surface area (Å²) in [4.78, 5) is 0. The Labute approximate surface area is 141 Å². The Morgan fingerprint density at radius 2 is 1.61 bits per heavy atom. The van der Waals surface area contributed by atoms with Gasteiger partial charge < -0.3 is 40.0 Å². The molecule has 1 fully saturated rings. The second-order valence-electron chi connectivity index (χ2n) is 5.08. The quantitative estimate of drug-likeness (QED) is 0.294. The van der Waals surface area contributed by atoms with Gasteiger partial charge in [0.05, 0.1) is 52.4 Å². The van der Waals surface area contributed by atoms with Crippen molar-refractivity contribution in [2.75, 3.05) is 58.5 Å². The van der Waals surface area contributed by atoms with Crippen molar-refractivity contribution in [3.8, 4) is 0 Å². The molecule has 1 saturated heterocycles. The van der Waals surface area contributed by atoms with Crippen molar-refractivity contribution in [2.45, 2.75) is 30.2 Å². The van der Waals surface area contributed by atoms with Gasteiger partial charge in [-0.3, -0.25) is 0 Å². The van der Waals surface area contributed by atoms with Crippen molar-refractivity contribution < 1.29 is 34.3 Å². The molecule has 0 aliphatic carbocycles. The Hall–Kier alpha value is 0.0300. The van der Waals surface area contributed by atoms with E-state index in [1.165, 1.54) is 11.8 Å². The third-order valence-corrected chi connectivity index (χ3v) is 4.33. The van der Waals surface area contributed by atoms with Gasteiger partial charge in [-0.1, -0.05) is 0 Å². The summed E-state index contributed by atoms with van der Waals surface area (Å²) in [7, 11) is 0. The summed E-state index contributed by atoms with van der Waals surface area (Å²) in [6.07, 6.45) is -2.28. The normalized spacial score (nSPS) is 28.2. The average molecular weight is 355 g/mol. The second kappa shape index (κ2) is 13.3. The number of aliphatic hydroxyl groups excluding tert-OH is 3. The zero-order valence-electron chi connectivity index (χ0n) is 13.3. The predicted molar refractivity (Wildman–Crippen MR) is 86.3 cm³/mol. The number of ether oxygens (including phenoxy) is 4. The maximum atomic E-state index is 9.71. The molecule has 0 bridgehead atoms. The monoisotopic (exact) mass is 355 g/mol. The van der Waals surface area contributed by atoms with Crippen LogP contribution in [0, 0.1) is 0 Å². The topological polar surface area (TPSA) is 124 Å². The van der Waals surface area contributed by atoms with E-state index in [0.717, 1.165) is 0 Å². The van der Waals surface area contributed by atoms with Crippen LogP contribution < -0.4 is 5.73 Å².